The Labute approximate surface area is 153 Å². The number of benzene rings is 2. The summed E-state index contributed by atoms with van der Waals surface area (Å²) < 4.78 is 7.82. The normalized spacial score (nSPS) is 17.0. The number of morpholine rings is 1. The highest BCUT2D eigenvalue weighted by molar-refractivity contribution is 6.30. The van der Waals surface area contributed by atoms with E-state index in [9.17, 15) is 0 Å². The molecule has 1 atom stereocenters. The van der Waals surface area contributed by atoms with Crippen molar-refractivity contribution in [1.82, 2.24) is 14.5 Å². The van der Waals surface area contributed by atoms with E-state index in [1.807, 2.05) is 24.3 Å². The van der Waals surface area contributed by atoms with Gasteiger partial charge in [0.25, 0.3) is 0 Å². The summed E-state index contributed by atoms with van der Waals surface area (Å²) in [5, 5.41) is 0.768. The van der Waals surface area contributed by atoms with Crippen LogP contribution >= 0.6 is 11.6 Å². The van der Waals surface area contributed by atoms with Crippen LogP contribution in [0.25, 0.3) is 11.0 Å². The van der Waals surface area contributed by atoms with E-state index in [2.05, 4.69) is 40.7 Å². The third-order valence-corrected chi connectivity index (χ3v) is 5.12. The van der Waals surface area contributed by atoms with Crippen LogP contribution in [0.2, 0.25) is 5.02 Å². The van der Waals surface area contributed by atoms with Crippen LogP contribution in [-0.2, 0) is 11.3 Å². The van der Waals surface area contributed by atoms with Gasteiger partial charge in [0.2, 0.25) is 0 Å². The minimum Gasteiger partial charge on any atom is -0.379 e. The zero-order valence-electron chi connectivity index (χ0n) is 14.4. The predicted octanol–water partition coefficient (Wildman–Crippen LogP) is 4.13. The summed E-state index contributed by atoms with van der Waals surface area (Å²) in [5.41, 5.74) is 3.39. The molecule has 0 amide bonds. The molecule has 1 aromatic heterocycles. The summed E-state index contributed by atoms with van der Waals surface area (Å²) in [7, 11) is 0. The Morgan fingerprint density at radius 1 is 1.12 bits per heavy atom. The van der Waals surface area contributed by atoms with Crippen molar-refractivity contribution < 1.29 is 4.74 Å². The topological polar surface area (TPSA) is 30.3 Å². The number of imidazole rings is 1. The van der Waals surface area contributed by atoms with Crippen molar-refractivity contribution in [3.05, 3.63) is 64.9 Å². The van der Waals surface area contributed by atoms with Gasteiger partial charge in [-0.3, -0.25) is 4.90 Å². The van der Waals surface area contributed by atoms with Gasteiger partial charge in [-0.1, -0.05) is 35.9 Å². The van der Waals surface area contributed by atoms with Crippen LogP contribution in [0.3, 0.4) is 0 Å². The lowest BCUT2D eigenvalue weighted by Gasteiger charge is -2.32. The maximum Gasteiger partial charge on any atom is 0.127 e. The van der Waals surface area contributed by atoms with Crippen LogP contribution in [0.1, 0.15) is 24.4 Å². The second-order valence-electron chi connectivity index (χ2n) is 6.50. The van der Waals surface area contributed by atoms with Gasteiger partial charge < -0.3 is 9.30 Å². The second kappa shape index (κ2) is 7.16. The van der Waals surface area contributed by atoms with Crippen LogP contribution in [0.4, 0.5) is 0 Å². The monoisotopic (exact) mass is 355 g/mol. The predicted molar refractivity (Wildman–Crippen MR) is 101 cm³/mol. The first kappa shape index (κ1) is 16.6. The Bertz CT molecular complexity index is 870. The zero-order chi connectivity index (χ0) is 17.2. The molecule has 0 saturated carbocycles. The van der Waals surface area contributed by atoms with E-state index in [0.717, 1.165) is 54.7 Å². The van der Waals surface area contributed by atoms with Gasteiger partial charge in [0.1, 0.15) is 5.82 Å². The molecule has 1 aliphatic rings. The number of rotatable bonds is 4. The maximum atomic E-state index is 6.18. The van der Waals surface area contributed by atoms with Crippen LogP contribution in [0.15, 0.2) is 48.5 Å². The average molecular weight is 356 g/mol. The fourth-order valence-corrected chi connectivity index (χ4v) is 3.74. The van der Waals surface area contributed by atoms with Crippen LogP contribution in [0, 0.1) is 0 Å². The van der Waals surface area contributed by atoms with Crippen molar-refractivity contribution in [3.63, 3.8) is 0 Å². The Kier molecular flexibility index (Phi) is 4.75. The summed E-state index contributed by atoms with van der Waals surface area (Å²) in [4.78, 5) is 7.40. The van der Waals surface area contributed by atoms with E-state index in [1.165, 1.54) is 5.56 Å². The first-order chi connectivity index (χ1) is 12.2. The number of halogens is 1. The average Bonchev–Trinajstić information content (AvgIpc) is 3.00. The van der Waals surface area contributed by atoms with Crippen molar-refractivity contribution >= 4 is 22.6 Å². The molecule has 1 aliphatic heterocycles. The lowest BCUT2D eigenvalue weighted by molar-refractivity contribution is 0.0177. The minimum atomic E-state index is 0.246. The maximum absolute atomic E-state index is 6.18. The van der Waals surface area contributed by atoms with Gasteiger partial charge >= 0.3 is 0 Å². The molecule has 3 aromatic rings. The molecule has 4 nitrogen and oxygen atoms in total. The van der Waals surface area contributed by atoms with Crippen molar-refractivity contribution in [2.45, 2.75) is 19.5 Å². The first-order valence-corrected chi connectivity index (χ1v) is 9.11. The van der Waals surface area contributed by atoms with E-state index in [0.29, 0.717) is 0 Å². The molecule has 0 radical (unpaired) electrons. The molecule has 0 bridgehead atoms. The summed E-state index contributed by atoms with van der Waals surface area (Å²) in [6.07, 6.45) is 0. The highest BCUT2D eigenvalue weighted by Gasteiger charge is 2.24. The van der Waals surface area contributed by atoms with Crippen LogP contribution < -0.4 is 0 Å². The largest absolute Gasteiger partial charge is 0.379 e. The third-order valence-electron chi connectivity index (χ3n) is 4.88. The molecule has 4 rings (SSSR count). The smallest absolute Gasteiger partial charge is 0.127 e. The van der Waals surface area contributed by atoms with Crippen molar-refractivity contribution in [3.8, 4) is 0 Å². The van der Waals surface area contributed by atoms with E-state index in [4.69, 9.17) is 21.3 Å². The van der Waals surface area contributed by atoms with Gasteiger partial charge in [-0.2, -0.15) is 0 Å². The molecule has 1 fully saturated rings. The van der Waals surface area contributed by atoms with Gasteiger partial charge in [0.15, 0.2) is 0 Å². The molecule has 5 heteroatoms. The number of aromatic nitrogens is 2. The fraction of sp³-hybridized carbons (Fsp3) is 0.350. The molecule has 1 unspecified atom stereocenters. The Morgan fingerprint density at radius 2 is 1.92 bits per heavy atom. The molecule has 2 aromatic carbocycles. The van der Waals surface area contributed by atoms with Gasteiger partial charge in [0.05, 0.1) is 30.3 Å². The van der Waals surface area contributed by atoms with E-state index in [-0.39, 0.29) is 6.04 Å². The molecular weight excluding hydrogens is 334 g/mol. The van der Waals surface area contributed by atoms with Crippen molar-refractivity contribution in [2.24, 2.45) is 0 Å². The summed E-state index contributed by atoms with van der Waals surface area (Å²) in [6, 6.07) is 16.6. The molecule has 0 spiro atoms. The van der Waals surface area contributed by atoms with E-state index < -0.39 is 0 Å². The number of fused-ring (bicyclic) bond motifs is 1. The van der Waals surface area contributed by atoms with E-state index >= 15 is 0 Å². The van der Waals surface area contributed by atoms with Gasteiger partial charge in [0, 0.05) is 24.7 Å². The second-order valence-corrected chi connectivity index (χ2v) is 6.94. The molecule has 130 valence electrons. The van der Waals surface area contributed by atoms with Gasteiger partial charge in [-0.15, -0.1) is 0 Å². The Morgan fingerprint density at radius 3 is 2.72 bits per heavy atom. The summed E-state index contributed by atoms with van der Waals surface area (Å²) >= 11 is 6.18. The molecule has 25 heavy (non-hydrogen) atoms. The third kappa shape index (κ3) is 3.43. The summed E-state index contributed by atoms with van der Waals surface area (Å²) in [6.45, 7) is 6.48. The molecular formula is C20H22ClN3O. The van der Waals surface area contributed by atoms with Crippen molar-refractivity contribution in [2.75, 3.05) is 26.3 Å². The number of hydrogen-bond donors (Lipinski definition) is 0. The van der Waals surface area contributed by atoms with Crippen LogP contribution in [0.5, 0.6) is 0 Å². The SMILES string of the molecule is CC(c1nc2ccccc2n1Cc1cccc(Cl)c1)N1CCOCC1. The first-order valence-electron chi connectivity index (χ1n) is 8.74. The highest BCUT2D eigenvalue weighted by atomic mass is 35.5. The Balaban J connectivity index is 1.75. The van der Waals surface area contributed by atoms with E-state index in [1.54, 1.807) is 0 Å². The van der Waals surface area contributed by atoms with Crippen LogP contribution in [-0.4, -0.2) is 40.8 Å². The fourth-order valence-electron chi connectivity index (χ4n) is 3.53. The molecule has 0 N–H and O–H groups in total. The minimum absolute atomic E-state index is 0.246. The highest BCUT2D eigenvalue weighted by Crippen LogP contribution is 2.26. The van der Waals surface area contributed by atoms with Gasteiger partial charge in [-0.25, -0.2) is 4.98 Å². The molecule has 1 saturated heterocycles. The lowest BCUT2D eigenvalue weighted by atomic mass is 10.2. The van der Waals surface area contributed by atoms with Gasteiger partial charge in [-0.05, 0) is 36.8 Å². The standard InChI is InChI=1S/C20H22ClN3O/c1-15(23-9-11-25-12-10-23)20-22-18-7-2-3-8-19(18)24(20)14-16-5-4-6-17(21)13-16/h2-8,13,15H,9-12,14H2,1H3. The molecule has 0 aliphatic carbocycles. The van der Waals surface area contributed by atoms with Crippen molar-refractivity contribution in [1.29, 1.82) is 0 Å². The molecule has 2 heterocycles. The summed E-state index contributed by atoms with van der Waals surface area (Å²) in [5.74, 6) is 1.10. The number of para-hydroxylation sites is 2. The zero-order valence-corrected chi connectivity index (χ0v) is 15.1. The Hall–Kier alpha value is -1.88. The lowest BCUT2D eigenvalue weighted by Crippen LogP contribution is -2.39. The number of ether oxygens (including phenoxy) is 1. The number of hydrogen-bond acceptors (Lipinski definition) is 3. The number of nitrogens with zero attached hydrogens (tertiary/aromatic N) is 3. The quantitative estimate of drug-likeness (QED) is 0.705.